The van der Waals surface area contributed by atoms with Crippen molar-refractivity contribution in [2.24, 2.45) is 0 Å². The van der Waals surface area contributed by atoms with Crippen LogP contribution in [0.4, 0.5) is 5.82 Å². The van der Waals surface area contributed by atoms with E-state index in [0.29, 0.717) is 31.2 Å². The summed E-state index contributed by atoms with van der Waals surface area (Å²) in [5.74, 6) is 1.52. The number of para-hydroxylation sites is 1. The van der Waals surface area contributed by atoms with Crippen molar-refractivity contribution >= 4 is 11.5 Å². The number of rotatable bonds is 9. The van der Waals surface area contributed by atoms with Crippen LogP contribution in [0.15, 0.2) is 41.5 Å². The number of benzene rings is 1. The van der Waals surface area contributed by atoms with E-state index < -0.39 is 0 Å². The van der Waals surface area contributed by atoms with E-state index >= 15 is 0 Å². The number of unbranched alkanes of at least 4 members (excludes halogenated alkanes) is 1. The number of hydrogen-bond donors (Lipinski definition) is 1. The second-order valence-corrected chi connectivity index (χ2v) is 6.05. The lowest BCUT2D eigenvalue weighted by Crippen LogP contribution is -2.21. The summed E-state index contributed by atoms with van der Waals surface area (Å²) in [6.07, 6.45) is 6.01. The topological polar surface area (TPSA) is 73.4 Å². The van der Waals surface area contributed by atoms with E-state index in [9.17, 15) is 4.79 Å². The summed E-state index contributed by atoms with van der Waals surface area (Å²) < 4.78 is 8.71. The molecule has 7 heteroatoms. The molecule has 0 aliphatic carbocycles. The first-order valence-corrected chi connectivity index (χ1v) is 9.13. The predicted molar refractivity (Wildman–Crippen MR) is 102 cm³/mol. The van der Waals surface area contributed by atoms with E-state index in [4.69, 9.17) is 4.74 Å². The third-order valence-corrected chi connectivity index (χ3v) is 4.18. The summed E-state index contributed by atoms with van der Waals surface area (Å²) in [5.41, 5.74) is 1.58. The summed E-state index contributed by atoms with van der Waals surface area (Å²) in [6, 6.07) is 8.02. The maximum absolute atomic E-state index is 12.4. The van der Waals surface area contributed by atoms with Gasteiger partial charge >= 0.3 is 5.69 Å². The van der Waals surface area contributed by atoms with Gasteiger partial charge in [0.25, 0.3) is 0 Å². The monoisotopic (exact) mass is 355 g/mol. The van der Waals surface area contributed by atoms with Gasteiger partial charge in [0.2, 0.25) is 5.65 Å². The van der Waals surface area contributed by atoms with E-state index in [1.807, 2.05) is 25.1 Å². The standard InChI is InChI=1S/C19H25N5O2/c1-3-5-13-24-19(25)23-14-12-21-17(18(23)22-24)20-11-10-15-8-6-7-9-16(15)26-4-2/h6-9,12,14H,3-5,10-11,13H2,1-2H3,(H,20,21). The molecular formula is C19H25N5O2. The minimum absolute atomic E-state index is 0.124. The molecule has 1 N–H and O–H groups in total. The molecule has 0 saturated heterocycles. The lowest BCUT2D eigenvalue weighted by molar-refractivity contribution is 0.336. The highest BCUT2D eigenvalue weighted by Crippen LogP contribution is 2.19. The Bertz CT molecular complexity index is 916. The van der Waals surface area contributed by atoms with Crippen molar-refractivity contribution < 1.29 is 4.74 Å². The number of hydrogen-bond acceptors (Lipinski definition) is 5. The summed E-state index contributed by atoms with van der Waals surface area (Å²) in [4.78, 5) is 16.7. The molecule has 0 aliphatic heterocycles. The van der Waals surface area contributed by atoms with Gasteiger partial charge in [-0.25, -0.2) is 18.9 Å². The van der Waals surface area contributed by atoms with Crippen LogP contribution in [0.5, 0.6) is 5.75 Å². The summed E-state index contributed by atoms with van der Waals surface area (Å²) >= 11 is 0. The number of fused-ring (bicyclic) bond motifs is 1. The Hall–Kier alpha value is -2.83. The Morgan fingerprint density at radius 3 is 2.88 bits per heavy atom. The molecule has 2 heterocycles. The first-order valence-electron chi connectivity index (χ1n) is 9.13. The summed E-state index contributed by atoms with van der Waals surface area (Å²) in [6.45, 7) is 6.01. The lowest BCUT2D eigenvalue weighted by Gasteiger charge is -2.10. The highest BCUT2D eigenvalue weighted by atomic mass is 16.5. The fraction of sp³-hybridized carbons (Fsp3) is 0.421. The quantitative estimate of drug-likeness (QED) is 0.639. The van der Waals surface area contributed by atoms with E-state index in [1.165, 1.54) is 4.68 Å². The third-order valence-electron chi connectivity index (χ3n) is 4.18. The van der Waals surface area contributed by atoms with E-state index in [-0.39, 0.29) is 5.69 Å². The van der Waals surface area contributed by atoms with Crippen molar-refractivity contribution in [2.75, 3.05) is 18.5 Å². The van der Waals surface area contributed by atoms with Gasteiger partial charge in [0.15, 0.2) is 5.82 Å². The van der Waals surface area contributed by atoms with Gasteiger partial charge in [-0.2, -0.15) is 0 Å². The number of anilines is 1. The van der Waals surface area contributed by atoms with Crippen LogP contribution in [-0.4, -0.2) is 32.3 Å². The molecule has 0 spiro atoms. The smallest absolute Gasteiger partial charge is 0.350 e. The second-order valence-electron chi connectivity index (χ2n) is 6.05. The second kappa shape index (κ2) is 8.51. The first kappa shape index (κ1) is 18.0. The van der Waals surface area contributed by atoms with Gasteiger partial charge in [0, 0.05) is 25.5 Å². The molecule has 138 valence electrons. The predicted octanol–water partition coefficient (Wildman–Crippen LogP) is 2.74. The Morgan fingerprint density at radius 1 is 1.23 bits per heavy atom. The molecule has 0 bridgehead atoms. The van der Waals surface area contributed by atoms with Gasteiger partial charge in [-0.15, -0.1) is 5.10 Å². The normalized spacial score (nSPS) is 11.0. The molecule has 26 heavy (non-hydrogen) atoms. The molecule has 0 aliphatic rings. The molecule has 0 radical (unpaired) electrons. The summed E-state index contributed by atoms with van der Waals surface area (Å²) in [7, 11) is 0. The molecule has 1 aromatic carbocycles. The molecule has 2 aromatic heterocycles. The zero-order valence-electron chi connectivity index (χ0n) is 15.3. The number of aryl methyl sites for hydroxylation is 1. The Morgan fingerprint density at radius 2 is 2.08 bits per heavy atom. The van der Waals surface area contributed by atoms with Crippen LogP contribution < -0.4 is 15.7 Å². The van der Waals surface area contributed by atoms with Gasteiger partial charge in [-0.05, 0) is 31.4 Å². The summed E-state index contributed by atoms with van der Waals surface area (Å²) in [5, 5.41) is 7.74. The fourth-order valence-corrected chi connectivity index (χ4v) is 2.85. The fourth-order valence-electron chi connectivity index (χ4n) is 2.85. The average molecular weight is 355 g/mol. The van der Waals surface area contributed by atoms with Gasteiger partial charge in [0.05, 0.1) is 6.61 Å². The largest absolute Gasteiger partial charge is 0.494 e. The molecule has 0 fully saturated rings. The van der Waals surface area contributed by atoms with Gasteiger partial charge < -0.3 is 10.1 Å². The van der Waals surface area contributed by atoms with Crippen molar-refractivity contribution in [1.82, 2.24) is 19.2 Å². The van der Waals surface area contributed by atoms with Gasteiger partial charge in [0.1, 0.15) is 5.75 Å². The van der Waals surface area contributed by atoms with Crippen molar-refractivity contribution in [3.8, 4) is 5.75 Å². The minimum atomic E-state index is -0.124. The Balaban J connectivity index is 1.74. The Kier molecular flexibility index (Phi) is 5.88. The maximum atomic E-state index is 12.4. The molecule has 0 unspecified atom stereocenters. The molecule has 3 aromatic rings. The number of aromatic nitrogens is 4. The first-order chi connectivity index (χ1) is 12.7. The van der Waals surface area contributed by atoms with E-state index in [0.717, 1.165) is 30.6 Å². The molecule has 7 nitrogen and oxygen atoms in total. The van der Waals surface area contributed by atoms with Crippen LogP contribution in [0.2, 0.25) is 0 Å². The van der Waals surface area contributed by atoms with Gasteiger partial charge in [-0.3, -0.25) is 0 Å². The van der Waals surface area contributed by atoms with E-state index in [1.54, 1.807) is 16.8 Å². The van der Waals surface area contributed by atoms with Gasteiger partial charge in [-0.1, -0.05) is 31.5 Å². The van der Waals surface area contributed by atoms with Crippen molar-refractivity contribution in [2.45, 2.75) is 39.7 Å². The average Bonchev–Trinajstić information content (AvgIpc) is 2.98. The molecule has 3 rings (SSSR count). The van der Waals surface area contributed by atoms with E-state index in [2.05, 4.69) is 28.4 Å². The van der Waals surface area contributed by atoms with Crippen molar-refractivity contribution in [3.05, 3.63) is 52.7 Å². The SMILES string of the molecule is CCCCn1nc2c(NCCc3ccccc3OCC)nccn2c1=O. The van der Waals surface area contributed by atoms with Crippen LogP contribution in [-0.2, 0) is 13.0 Å². The highest BCUT2D eigenvalue weighted by molar-refractivity contribution is 5.61. The van der Waals surface area contributed by atoms with Crippen LogP contribution in [0.3, 0.4) is 0 Å². The Labute approximate surface area is 152 Å². The molecular weight excluding hydrogens is 330 g/mol. The van der Waals surface area contributed by atoms with Crippen molar-refractivity contribution in [3.63, 3.8) is 0 Å². The lowest BCUT2D eigenvalue weighted by atomic mass is 10.1. The number of ether oxygens (including phenoxy) is 1. The van der Waals surface area contributed by atoms with Crippen LogP contribution >= 0.6 is 0 Å². The molecule has 0 amide bonds. The van der Waals surface area contributed by atoms with Crippen LogP contribution in [0, 0.1) is 0 Å². The number of nitrogens with one attached hydrogen (secondary N) is 1. The molecule has 0 atom stereocenters. The number of nitrogens with zero attached hydrogens (tertiary/aromatic N) is 4. The van der Waals surface area contributed by atoms with Crippen LogP contribution in [0.25, 0.3) is 5.65 Å². The third kappa shape index (κ3) is 3.87. The maximum Gasteiger partial charge on any atom is 0.350 e. The minimum Gasteiger partial charge on any atom is -0.494 e. The highest BCUT2D eigenvalue weighted by Gasteiger charge is 2.11. The van der Waals surface area contributed by atoms with Crippen molar-refractivity contribution in [1.29, 1.82) is 0 Å². The molecule has 0 saturated carbocycles. The van der Waals surface area contributed by atoms with Crippen LogP contribution in [0.1, 0.15) is 32.3 Å². The zero-order chi connectivity index (χ0) is 18.4. The zero-order valence-corrected chi connectivity index (χ0v) is 15.3.